The number of piperazine rings is 1. The van der Waals surface area contributed by atoms with Crippen molar-refractivity contribution in [2.75, 3.05) is 72.2 Å². The molecule has 2 aliphatic heterocycles. The first kappa shape index (κ1) is 39.8. The van der Waals surface area contributed by atoms with Gasteiger partial charge in [0.05, 0.1) is 42.1 Å². The zero-order valence-corrected chi connectivity index (χ0v) is 31.3. The summed E-state index contributed by atoms with van der Waals surface area (Å²) in [5.74, 6) is 2.22. The van der Waals surface area contributed by atoms with Crippen LogP contribution >= 0.6 is 0 Å². The lowest BCUT2D eigenvalue weighted by atomic mass is 9.98. The first-order valence-corrected chi connectivity index (χ1v) is 18.5. The molecule has 1 amide bonds. The fraction of sp³-hybridized carbons (Fsp3) is 0.525. The zero-order chi connectivity index (χ0) is 36.8. The number of benzene rings is 2. The van der Waals surface area contributed by atoms with E-state index in [0.29, 0.717) is 61.0 Å². The Kier molecular flexibility index (Phi) is 15.7. The van der Waals surface area contributed by atoms with Gasteiger partial charge in [-0.2, -0.15) is 0 Å². The van der Waals surface area contributed by atoms with E-state index in [9.17, 15) is 9.59 Å². The van der Waals surface area contributed by atoms with Crippen LogP contribution in [0.1, 0.15) is 52.4 Å². The summed E-state index contributed by atoms with van der Waals surface area (Å²) in [5.41, 5.74) is 1.76. The lowest BCUT2D eigenvalue weighted by molar-refractivity contribution is -0.135. The van der Waals surface area contributed by atoms with E-state index in [0.717, 1.165) is 50.2 Å². The molecule has 2 aromatic carbocycles. The maximum Gasteiger partial charge on any atom is 0.265 e. The number of ether oxygens (including phenoxy) is 3. The standard InChI is InChI=1S/C36H45N5O5.C2H6O.C2H6/c1-26(2)46-33-7-5-4-6-32(33)41-34(37-31-13-10-28(22-30(31)36(41)43)23-39-18-20-44-21-19-39)24-38-14-16-40(17-15-38)35(42)25-45-29-11-8-27(3)9-12-29;1-2-3;1-2/h4-9,11-13,22,26,28H,10,14-21,23-25H2,1-3H3;3H,2H2,1H3;1-2H3. The van der Waals surface area contributed by atoms with Gasteiger partial charge in [0.2, 0.25) is 0 Å². The maximum absolute atomic E-state index is 14.4. The van der Waals surface area contributed by atoms with Crippen molar-refractivity contribution in [2.24, 2.45) is 5.92 Å². The first-order chi connectivity index (χ1) is 24.7. The smallest absolute Gasteiger partial charge is 0.265 e. The highest BCUT2D eigenvalue weighted by molar-refractivity contribution is 5.77. The van der Waals surface area contributed by atoms with Crippen LogP contribution in [0.5, 0.6) is 11.5 Å². The second-order valence-electron chi connectivity index (χ2n) is 13.0. The van der Waals surface area contributed by atoms with Crippen molar-refractivity contribution in [1.29, 1.82) is 0 Å². The van der Waals surface area contributed by atoms with Gasteiger partial charge in [0, 0.05) is 52.4 Å². The molecule has 3 aliphatic rings. The number of morpholine rings is 1. The third-order valence-electron chi connectivity index (χ3n) is 8.77. The van der Waals surface area contributed by atoms with E-state index >= 15 is 0 Å². The van der Waals surface area contributed by atoms with Crippen LogP contribution in [0.4, 0.5) is 0 Å². The number of amides is 1. The molecule has 0 radical (unpaired) electrons. The molecular weight excluding hydrogens is 646 g/mol. The highest BCUT2D eigenvalue weighted by atomic mass is 16.5. The van der Waals surface area contributed by atoms with E-state index in [1.54, 1.807) is 11.5 Å². The number of para-hydroxylation sites is 2. The third kappa shape index (κ3) is 11.2. The number of carbonyl (C=O) groups excluding carboxylic acids is 1. The second-order valence-corrected chi connectivity index (χ2v) is 13.0. The summed E-state index contributed by atoms with van der Waals surface area (Å²) >= 11 is 0. The van der Waals surface area contributed by atoms with E-state index in [1.165, 1.54) is 0 Å². The number of carbonyl (C=O) groups is 1. The SMILES string of the molecule is CC.CCO.Cc1ccc(OCC(=O)N2CCN(Cc3nc4c(c(=O)n3-c3ccccc3OC(C)C)=CC(CN3CCOCC3)CC=4)CC2)cc1. The van der Waals surface area contributed by atoms with Crippen molar-refractivity contribution >= 4 is 18.1 Å². The second kappa shape index (κ2) is 20.1. The van der Waals surface area contributed by atoms with Gasteiger partial charge >= 0.3 is 0 Å². The zero-order valence-electron chi connectivity index (χ0n) is 31.3. The third-order valence-corrected chi connectivity index (χ3v) is 8.77. The van der Waals surface area contributed by atoms with E-state index < -0.39 is 0 Å². The molecule has 278 valence electrons. The van der Waals surface area contributed by atoms with Gasteiger partial charge in [-0.05, 0) is 64.3 Å². The van der Waals surface area contributed by atoms with Crippen LogP contribution in [0, 0.1) is 12.8 Å². The van der Waals surface area contributed by atoms with Crippen LogP contribution in [0.15, 0.2) is 53.3 Å². The van der Waals surface area contributed by atoms with Crippen LogP contribution in [0.2, 0.25) is 0 Å². The number of aromatic nitrogens is 2. The van der Waals surface area contributed by atoms with Gasteiger partial charge in [0.1, 0.15) is 17.3 Å². The molecule has 11 heteroatoms. The molecule has 2 fully saturated rings. The lowest BCUT2D eigenvalue weighted by Crippen LogP contribution is -2.53. The Morgan fingerprint density at radius 3 is 2.31 bits per heavy atom. The van der Waals surface area contributed by atoms with Crippen molar-refractivity contribution < 1.29 is 24.1 Å². The Morgan fingerprint density at radius 1 is 0.980 bits per heavy atom. The predicted octanol–water partition coefficient (Wildman–Crippen LogP) is 2.99. The molecule has 11 nitrogen and oxygen atoms in total. The van der Waals surface area contributed by atoms with Crippen molar-refractivity contribution in [2.45, 2.75) is 60.6 Å². The van der Waals surface area contributed by atoms with Gasteiger partial charge in [-0.1, -0.05) is 55.8 Å². The molecule has 51 heavy (non-hydrogen) atoms. The summed E-state index contributed by atoms with van der Waals surface area (Å²) in [6.45, 7) is 19.1. The summed E-state index contributed by atoms with van der Waals surface area (Å²) in [4.78, 5) is 39.0. The number of hydrogen-bond donors (Lipinski definition) is 1. The Hall–Kier alpha value is -4.03. The quantitative estimate of drug-likeness (QED) is 0.341. The number of hydrogen-bond acceptors (Lipinski definition) is 9. The number of aliphatic hydroxyl groups excluding tert-OH is 1. The van der Waals surface area contributed by atoms with Crippen molar-refractivity contribution in [3.63, 3.8) is 0 Å². The molecule has 1 aliphatic carbocycles. The van der Waals surface area contributed by atoms with Crippen LogP contribution in [0.3, 0.4) is 0 Å². The summed E-state index contributed by atoms with van der Waals surface area (Å²) in [5, 5.41) is 8.97. The summed E-state index contributed by atoms with van der Waals surface area (Å²) in [7, 11) is 0. The monoisotopic (exact) mass is 703 g/mol. The number of aliphatic hydroxyl groups is 1. The van der Waals surface area contributed by atoms with Crippen LogP contribution in [-0.4, -0.2) is 114 Å². The first-order valence-electron chi connectivity index (χ1n) is 18.5. The summed E-state index contributed by atoms with van der Waals surface area (Å²) < 4.78 is 19.2. The molecule has 1 unspecified atom stereocenters. The molecule has 2 saturated heterocycles. The van der Waals surface area contributed by atoms with Gasteiger partial charge in [0.15, 0.2) is 6.61 Å². The molecule has 0 saturated carbocycles. The molecule has 3 heterocycles. The highest BCUT2D eigenvalue weighted by Crippen LogP contribution is 2.24. The maximum atomic E-state index is 14.4. The number of rotatable bonds is 10. The number of nitrogens with zero attached hydrogens (tertiary/aromatic N) is 5. The Balaban J connectivity index is 0.00000111. The van der Waals surface area contributed by atoms with Crippen molar-refractivity contribution in [3.8, 4) is 17.2 Å². The average molecular weight is 704 g/mol. The van der Waals surface area contributed by atoms with Crippen molar-refractivity contribution in [1.82, 2.24) is 24.3 Å². The van der Waals surface area contributed by atoms with Crippen LogP contribution < -0.4 is 25.6 Å². The minimum atomic E-state index is -0.0789. The van der Waals surface area contributed by atoms with E-state index in [-0.39, 0.29) is 36.7 Å². The largest absolute Gasteiger partial charge is 0.489 e. The minimum Gasteiger partial charge on any atom is -0.489 e. The predicted molar refractivity (Wildman–Crippen MR) is 202 cm³/mol. The Labute approximate surface area is 302 Å². The average Bonchev–Trinajstić information content (AvgIpc) is 3.14. The van der Waals surface area contributed by atoms with Crippen LogP contribution in [0.25, 0.3) is 17.8 Å². The minimum absolute atomic E-state index is 0.0144. The van der Waals surface area contributed by atoms with Gasteiger partial charge < -0.3 is 24.2 Å². The van der Waals surface area contributed by atoms with Gasteiger partial charge in [-0.15, -0.1) is 0 Å². The Bertz CT molecular complexity index is 1710. The summed E-state index contributed by atoms with van der Waals surface area (Å²) in [6.07, 6.45) is 5.04. The fourth-order valence-corrected chi connectivity index (χ4v) is 6.29. The molecule has 1 atom stereocenters. The van der Waals surface area contributed by atoms with Gasteiger partial charge in [-0.25, -0.2) is 4.98 Å². The van der Waals surface area contributed by atoms with E-state index in [1.807, 2.05) is 88.0 Å². The molecule has 0 bridgehead atoms. The molecule has 6 rings (SSSR count). The fourth-order valence-electron chi connectivity index (χ4n) is 6.29. The van der Waals surface area contributed by atoms with Crippen molar-refractivity contribution in [3.05, 3.63) is 80.8 Å². The topological polar surface area (TPSA) is 110 Å². The van der Waals surface area contributed by atoms with Gasteiger partial charge in [-0.3, -0.25) is 24.0 Å². The molecule has 1 N–H and O–H groups in total. The van der Waals surface area contributed by atoms with E-state index in [4.69, 9.17) is 24.3 Å². The molecule has 3 aromatic rings. The van der Waals surface area contributed by atoms with E-state index in [2.05, 4.69) is 22.0 Å². The Morgan fingerprint density at radius 2 is 1.65 bits per heavy atom. The van der Waals surface area contributed by atoms with Gasteiger partial charge in [0.25, 0.3) is 11.5 Å². The highest BCUT2D eigenvalue weighted by Gasteiger charge is 2.25. The number of fused-ring (bicyclic) bond motifs is 1. The molecular formula is C40H57N5O6. The lowest BCUT2D eigenvalue weighted by Gasteiger charge is -2.34. The molecule has 0 spiro atoms. The summed E-state index contributed by atoms with van der Waals surface area (Å²) in [6, 6.07) is 15.4. The number of aryl methyl sites for hydroxylation is 1. The van der Waals surface area contributed by atoms with Crippen LogP contribution in [-0.2, 0) is 16.1 Å². The normalized spacial score (nSPS) is 17.5. The molecule has 1 aromatic heterocycles.